The summed E-state index contributed by atoms with van der Waals surface area (Å²) in [7, 11) is 0. The zero-order chi connectivity index (χ0) is 11.7. The lowest BCUT2D eigenvalue weighted by molar-refractivity contribution is 0.861. The molecule has 0 amide bonds. The van der Waals surface area contributed by atoms with Crippen molar-refractivity contribution in [2.45, 2.75) is 23.8 Å². The van der Waals surface area contributed by atoms with Gasteiger partial charge in [0.15, 0.2) is 0 Å². The van der Waals surface area contributed by atoms with Crippen LogP contribution in [-0.2, 0) is 6.54 Å². The number of thiol groups is 1. The van der Waals surface area contributed by atoms with Gasteiger partial charge in [0.2, 0.25) is 0 Å². The number of hydrogen-bond acceptors (Lipinski definition) is 3. The normalized spacial score (nSPS) is 13.7. The molecule has 3 heteroatoms. The van der Waals surface area contributed by atoms with Crippen molar-refractivity contribution in [1.82, 2.24) is 0 Å². The summed E-state index contributed by atoms with van der Waals surface area (Å²) >= 11 is 6.30. The van der Waals surface area contributed by atoms with Crippen LogP contribution in [0.4, 0.5) is 5.69 Å². The average molecular weight is 275 g/mol. The first-order valence-electron chi connectivity index (χ1n) is 5.57. The van der Waals surface area contributed by atoms with Crippen LogP contribution in [0.1, 0.15) is 13.0 Å². The van der Waals surface area contributed by atoms with Gasteiger partial charge in [-0.1, -0.05) is 25.6 Å². The minimum Gasteiger partial charge on any atom is -0.358 e. The second-order valence-corrected chi connectivity index (χ2v) is 5.60. The van der Waals surface area contributed by atoms with Crippen molar-refractivity contribution in [2.75, 3.05) is 10.8 Å². The molecule has 0 bridgehead atoms. The topological polar surface area (TPSA) is 3.24 Å². The van der Waals surface area contributed by atoms with Gasteiger partial charge in [0, 0.05) is 22.0 Å². The molecule has 0 unspecified atom stereocenters. The second-order valence-electron chi connectivity index (χ2n) is 4.10. The van der Waals surface area contributed by atoms with Gasteiger partial charge in [-0.05, 0) is 35.9 Å². The van der Waals surface area contributed by atoms with Crippen LogP contribution in [0.15, 0.2) is 58.3 Å². The van der Waals surface area contributed by atoms with E-state index in [0.29, 0.717) is 0 Å². The molecule has 1 heterocycles. The molecular formula is C15H17NS2. The van der Waals surface area contributed by atoms with Gasteiger partial charge in [0.25, 0.3) is 0 Å². The fraction of sp³-hybridized carbons (Fsp3) is 0.200. The van der Waals surface area contributed by atoms with Crippen LogP contribution in [-0.4, -0.2) is 5.88 Å². The summed E-state index contributed by atoms with van der Waals surface area (Å²) in [5, 5.41) is 0. The Morgan fingerprint density at radius 1 is 1.06 bits per heavy atom. The van der Waals surface area contributed by atoms with Gasteiger partial charge in [0.05, 0.1) is 5.88 Å². The molecule has 3 rings (SSSR count). The maximum absolute atomic E-state index is 4.41. The summed E-state index contributed by atoms with van der Waals surface area (Å²) in [6.07, 6.45) is 0. The molecule has 18 heavy (non-hydrogen) atoms. The summed E-state index contributed by atoms with van der Waals surface area (Å²) in [4.78, 5) is 4.81. The van der Waals surface area contributed by atoms with Crippen molar-refractivity contribution in [3.8, 4) is 0 Å². The molecule has 2 aromatic rings. The largest absolute Gasteiger partial charge is 0.358 e. The van der Waals surface area contributed by atoms with Crippen molar-refractivity contribution in [2.24, 2.45) is 0 Å². The molecule has 0 aromatic heterocycles. The zero-order valence-electron chi connectivity index (χ0n) is 9.34. The smallest absolute Gasteiger partial charge is 0.0689 e. The number of hydrogen-bond donors (Lipinski definition) is 1. The summed E-state index contributed by atoms with van der Waals surface area (Å²) in [5.74, 6) is 1.02. The Morgan fingerprint density at radius 3 is 2.61 bits per heavy atom. The van der Waals surface area contributed by atoms with Crippen molar-refractivity contribution in [3.63, 3.8) is 0 Å². The van der Waals surface area contributed by atoms with Gasteiger partial charge in [-0.25, -0.2) is 0 Å². The molecule has 1 nitrogen and oxygen atoms in total. The maximum atomic E-state index is 4.41. The quantitative estimate of drug-likeness (QED) is 0.753. The maximum Gasteiger partial charge on any atom is 0.0689 e. The number of para-hydroxylation sites is 1. The number of benzene rings is 2. The average Bonchev–Trinajstić information content (AvgIpc) is 2.39. The molecule has 0 saturated carbocycles. The fourth-order valence-electron chi connectivity index (χ4n) is 2.03. The van der Waals surface area contributed by atoms with E-state index in [0.717, 1.165) is 17.3 Å². The number of fused-ring (bicyclic) bond motifs is 1. The van der Waals surface area contributed by atoms with Gasteiger partial charge < -0.3 is 4.90 Å². The third-order valence-electron chi connectivity index (χ3n) is 2.90. The summed E-state index contributed by atoms with van der Waals surface area (Å²) in [6, 6.07) is 17.0. The van der Waals surface area contributed by atoms with E-state index in [-0.39, 0.29) is 7.43 Å². The Balaban J connectivity index is 0.00000120. The van der Waals surface area contributed by atoms with Crippen LogP contribution in [0.25, 0.3) is 0 Å². The van der Waals surface area contributed by atoms with Crippen LogP contribution in [0.2, 0.25) is 0 Å². The van der Waals surface area contributed by atoms with Crippen molar-refractivity contribution >= 4 is 30.1 Å². The first kappa shape index (κ1) is 13.4. The highest BCUT2D eigenvalue weighted by atomic mass is 32.2. The fourth-order valence-corrected chi connectivity index (χ4v) is 3.27. The minimum atomic E-state index is 0. The molecule has 94 valence electrons. The first-order valence-corrected chi connectivity index (χ1v) is 7.01. The van der Waals surface area contributed by atoms with Gasteiger partial charge in [-0.3, -0.25) is 0 Å². The third-order valence-corrected chi connectivity index (χ3v) is 4.33. The highest BCUT2D eigenvalue weighted by Gasteiger charge is 2.16. The van der Waals surface area contributed by atoms with E-state index in [1.54, 1.807) is 0 Å². The third kappa shape index (κ3) is 2.68. The molecule has 0 N–H and O–H groups in total. The SMILES string of the molecule is C.Sc1ccc2c(c1)CN(c1ccccc1)CS2. The Kier molecular flexibility index (Phi) is 4.25. The van der Waals surface area contributed by atoms with Crippen molar-refractivity contribution in [3.05, 3.63) is 54.1 Å². The highest BCUT2D eigenvalue weighted by molar-refractivity contribution is 7.99. The van der Waals surface area contributed by atoms with Gasteiger partial charge in [-0.15, -0.1) is 24.4 Å². The van der Waals surface area contributed by atoms with E-state index in [4.69, 9.17) is 0 Å². The van der Waals surface area contributed by atoms with E-state index in [1.165, 1.54) is 16.1 Å². The van der Waals surface area contributed by atoms with Crippen LogP contribution < -0.4 is 4.90 Å². The van der Waals surface area contributed by atoms with Crippen LogP contribution >= 0.6 is 24.4 Å². The van der Waals surface area contributed by atoms with E-state index < -0.39 is 0 Å². The number of nitrogens with zero attached hydrogens (tertiary/aromatic N) is 1. The highest BCUT2D eigenvalue weighted by Crippen LogP contribution is 2.33. The van der Waals surface area contributed by atoms with Crippen LogP contribution in [0.5, 0.6) is 0 Å². The minimum absolute atomic E-state index is 0. The lowest BCUT2D eigenvalue weighted by Gasteiger charge is -2.30. The zero-order valence-corrected chi connectivity index (χ0v) is 11.0. The molecule has 1 aliphatic rings. The molecule has 0 radical (unpaired) electrons. The Labute approximate surface area is 119 Å². The molecule has 0 fully saturated rings. The van der Waals surface area contributed by atoms with E-state index in [1.807, 2.05) is 11.8 Å². The van der Waals surface area contributed by atoms with E-state index in [2.05, 4.69) is 66.1 Å². The van der Waals surface area contributed by atoms with Crippen LogP contribution in [0, 0.1) is 0 Å². The molecule has 1 aliphatic heterocycles. The standard InChI is InChI=1S/C14H13NS2.CH4/c16-13-6-7-14-11(8-13)9-15(10-17-14)12-4-2-1-3-5-12;/h1-8,16H,9-10H2;1H4. The molecule has 0 spiro atoms. The lowest BCUT2D eigenvalue weighted by atomic mass is 10.2. The lowest BCUT2D eigenvalue weighted by Crippen LogP contribution is -2.25. The number of rotatable bonds is 1. The number of thioether (sulfide) groups is 1. The van der Waals surface area contributed by atoms with E-state index in [9.17, 15) is 0 Å². The first-order chi connectivity index (χ1) is 8.33. The monoisotopic (exact) mass is 275 g/mol. The van der Waals surface area contributed by atoms with Crippen LogP contribution in [0.3, 0.4) is 0 Å². The second kappa shape index (κ2) is 5.72. The van der Waals surface area contributed by atoms with Crippen molar-refractivity contribution in [1.29, 1.82) is 0 Å². The predicted molar refractivity (Wildman–Crippen MR) is 83.8 cm³/mol. The Bertz CT molecular complexity index is 525. The van der Waals surface area contributed by atoms with Gasteiger partial charge in [0.1, 0.15) is 0 Å². The molecular weight excluding hydrogens is 258 g/mol. The predicted octanol–water partition coefficient (Wildman–Crippen LogP) is 4.68. The number of anilines is 1. The van der Waals surface area contributed by atoms with Gasteiger partial charge >= 0.3 is 0 Å². The Hall–Kier alpha value is -1.06. The molecule has 0 aliphatic carbocycles. The summed E-state index contributed by atoms with van der Waals surface area (Å²) in [6.45, 7) is 0.973. The Morgan fingerprint density at radius 2 is 1.83 bits per heavy atom. The van der Waals surface area contributed by atoms with Gasteiger partial charge in [-0.2, -0.15) is 0 Å². The van der Waals surface area contributed by atoms with Crippen molar-refractivity contribution < 1.29 is 0 Å². The summed E-state index contributed by atoms with van der Waals surface area (Å²) < 4.78 is 0. The summed E-state index contributed by atoms with van der Waals surface area (Å²) in [5.41, 5.74) is 2.66. The molecule has 2 aromatic carbocycles. The molecule has 0 atom stereocenters. The molecule has 0 saturated heterocycles. The van der Waals surface area contributed by atoms with E-state index >= 15 is 0 Å².